The highest BCUT2D eigenvalue weighted by molar-refractivity contribution is 7.89. The van der Waals surface area contributed by atoms with Gasteiger partial charge < -0.3 is 15.1 Å². The van der Waals surface area contributed by atoms with E-state index in [4.69, 9.17) is 4.98 Å². The molecule has 2 aliphatic carbocycles. The van der Waals surface area contributed by atoms with Crippen LogP contribution in [0.5, 0.6) is 0 Å². The molecule has 2 aromatic rings. The smallest absolute Gasteiger partial charge is 0.259 e. The Kier molecular flexibility index (Phi) is 5.80. The van der Waals surface area contributed by atoms with E-state index in [1.807, 2.05) is 12.1 Å². The summed E-state index contributed by atoms with van der Waals surface area (Å²) in [6.45, 7) is 8.24. The van der Waals surface area contributed by atoms with Gasteiger partial charge in [-0.2, -0.15) is 0 Å². The monoisotopic (exact) mass is 523 g/mol. The Morgan fingerprint density at radius 2 is 1.81 bits per heavy atom. The molecule has 198 valence electrons. The fourth-order valence-corrected chi connectivity index (χ4v) is 7.43. The number of pyridine rings is 1. The van der Waals surface area contributed by atoms with Crippen molar-refractivity contribution in [1.82, 2.24) is 9.71 Å². The largest absolute Gasteiger partial charge is 0.356 e. The zero-order valence-corrected chi connectivity index (χ0v) is 22.8. The standard InChI is InChI=1S/C28H37N5O3S/c1-27(2,3)31-37(35,36)21-6-4-5-20(18-21)29-26(34)22-7-8-24(33-14-9-19-17-23(19)33)30-25(22)32-15-12-28(10-11-28)13-16-32/h4-8,18-19,23,31H,9-17H2,1-3H3,(H,29,34)/t19-,23+/m1/s1. The lowest BCUT2D eigenvalue weighted by atomic mass is 9.93. The predicted octanol–water partition coefficient (Wildman–Crippen LogP) is 4.39. The number of nitrogens with one attached hydrogen (secondary N) is 2. The molecule has 4 aliphatic rings. The maximum absolute atomic E-state index is 13.6. The van der Waals surface area contributed by atoms with Crippen molar-refractivity contribution in [3.63, 3.8) is 0 Å². The van der Waals surface area contributed by atoms with Gasteiger partial charge in [0.2, 0.25) is 10.0 Å². The molecule has 2 aliphatic heterocycles. The molecule has 2 N–H and O–H groups in total. The van der Waals surface area contributed by atoms with Crippen LogP contribution in [0.15, 0.2) is 41.3 Å². The molecular formula is C28H37N5O3S. The molecule has 1 spiro atoms. The van der Waals surface area contributed by atoms with E-state index in [-0.39, 0.29) is 10.8 Å². The number of anilines is 3. The quantitative estimate of drug-likeness (QED) is 0.583. The van der Waals surface area contributed by atoms with Crippen molar-refractivity contribution in [2.45, 2.75) is 75.8 Å². The van der Waals surface area contributed by atoms with Crippen molar-refractivity contribution in [1.29, 1.82) is 0 Å². The second kappa shape index (κ2) is 8.70. The molecular weight excluding hydrogens is 486 g/mol. The first kappa shape index (κ1) is 24.7. The highest BCUT2D eigenvalue weighted by Gasteiger charge is 2.48. The van der Waals surface area contributed by atoms with Crippen LogP contribution in [0.4, 0.5) is 17.3 Å². The third-order valence-corrected chi connectivity index (χ3v) is 10.1. The normalized spacial score (nSPS) is 24.2. The minimum absolute atomic E-state index is 0.118. The Morgan fingerprint density at radius 3 is 2.43 bits per heavy atom. The molecule has 2 atom stereocenters. The first-order valence-corrected chi connectivity index (χ1v) is 15.0. The van der Waals surface area contributed by atoms with Crippen LogP contribution in [-0.2, 0) is 10.0 Å². The van der Waals surface area contributed by atoms with Gasteiger partial charge in [-0.1, -0.05) is 6.07 Å². The van der Waals surface area contributed by atoms with Gasteiger partial charge in [0, 0.05) is 36.9 Å². The second-order valence-electron chi connectivity index (χ2n) is 12.4. The molecule has 6 rings (SSSR count). The number of sulfonamides is 1. The van der Waals surface area contributed by atoms with Gasteiger partial charge in [0.1, 0.15) is 11.6 Å². The molecule has 2 saturated carbocycles. The van der Waals surface area contributed by atoms with Gasteiger partial charge in [-0.25, -0.2) is 18.1 Å². The summed E-state index contributed by atoms with van der Waals surface area (Å²) < 4.78 is 28.3. The number of carbonyl (C=O) groups excluding carboxylic acids is 1. The third-order valence-electron chi connectivity index (χ3n) is 8.35. The molecule has 0 unspecified atom stereocenters. The predicted molar refractivity (Wildman–Crippen MR) is 146 cm³/mol. The highest BCUT2D eigenvalue weighted by Crippen LogP contribution is 2.54. The fraction of sp³-hybridized carbons (Fsp3) is 0.571. The maximum atomic E-state index is 13.6. The number of aromatic nitrogens is 1. The zero-order chi connectivity index (χ0) is 26.0. The number of hydrogen-bond donors (Lipinski definition) is 2. The van der Waals surface area contributed by atoms with E-state index in [2.05, 4.69) is 19.8 Å². The van der Waals surface area contributed by atoms with Crippen molar-refractivity contribution in [2.24, 2.45) is 11.3 Å². The summed E-state index contributed by atoms with van der Waals surface area (Å²) in [6.07, 6.45) is 7.40. The Morgan fingerprint density at radius 1 is 1.05 bits per heavy atom. The third kappa shape index (κ3) is 5.08. The molecule has 0 radical (unpaired) electrons. The van der Waals surface area contributed by atoms with Crippen LogP contribution in [0.25, 0.3) is 0 Å². The van der Waals surface area contributed by atoms with E-state index in [1.165, 1.54) is 37.8 Å². The summed E-state index contributed by atoms with van der Waals surface area (Å²) in [5.74, 6) is 2.23. The van der Waals surface area contributed by atoms with Gasteiger partial charge in [0.15, 0.2) is 0 Å². The van der Waals surface area contributed by atoms with Gasteiger partial charge >= 0.3 is 0 Å². The van der Waals surface area contributed by atoms with Gasteiger partial charge in [0.25, 0.3) is 5.91 Å². The molecule has 8 nitrogen and oxygen atoms in total. The summed E-state index contributed by atoms with van der Waals surface area (Å²) in [6, 6.07) is 10.9. The Labute approximate surface area is 219 Å². The number of piperidine rings is 2. The zero-order valence-electron chi connectivity index (χ0n) is 22.0. The molecule has 2 saturated heterocycles. The van der Waals surface area contributed by atoms with E-state index < -0.39 is 15.6 Å². The second-order valence-corrected chi connectivity index (χ2v) is 14.1. The van der Waals surface area contributed by atoms with Gasteiger partial charge in [-0.15, -0.1) is 0 Å². The number of hydrogen-bond acceptors (Lipinski definition) is 6. The average molecular weight is 524 g/mol. The number of nitrogens with zero attached hydrogens (tertiary/aromatic N) is 3. The highest BCUT2D eigenvalue weighted by atomic mass is 32.2. The first-order chi connectivity index (χ1) is 17.5. The fourth-order valence-electron chi connectivity index (χ4n) is 5.97. The number of rotatable bonds is 6. The molecule has 1 aromatic carbocycles. The van der Waals surface area contributed by atoms with Gasteiger partial charge in [-0.05, 0) is 101 Å². The van der Waals surface area contributed by atoms with Crippen LogP contribution in [0.2, 0.25) is 0 Å². The number of amides is 1. The lowest BCUT2D eigenvalue weighted by Gasteiger charge is -2.34. The maximum Gasteiger partial charge on any atom is 0.259 e. The van der Waals surface area contributed by atoms with Crippen LogP contribution in [0, 0.1) is 11.3 Å². The minimum atomic E-state index is -3.72. The summed E-state index contributed by atoms with van der Waals surface area (Å²) >= 11 is 0. The summed E-state index contributed by atoms with van der Waals surface area (Å²) in [5, 5.41) is 2.94. The molecule has 1 aromatic heterocycles. The number of benzene rings is 1. The first-order valence-electron chi connectivity index (χ1n) is 13.5. The van der Waals surface area contributed by atoms with Gasteiger partial charge in [-0.3, -0.25) is 4.79 Å². The average Bonchev–Trinajstić information content (AvgIpc) is 3.75. The van der Waals surface area contributed by atoms with E-state index in [9.17, 15) is 13.2 Å². The molecule has 9 heteroatoms. The Bertz CT molecular complexity index is 1320. The van der Waals surface area contributed by atoms with Crippen LogP contribution in [0.3, 0.4) is 0 Å². The SMILES string of the molecule is CC(C)(C)NS(=O)(=O)c1cccc(NC(=O)c2ccc(N3CC[C@@H]4C[C@@H]43)nc2N2CCC3(CC2)CC3)c1. The van der Waals surface area contributed by atoms with Crippen molar-refractivity contribution < 1.29 is 13.2 Å². The molecule has 1 amide bonds. The van der Waals surface area contributed by atoms with Crippen molar-refractivity contribution in [3.8, 4) is 0 Å². The Hall–Kier alpha value is -2.65. The number of carbonyl (C=O) groups is 1. The Balaban J connectivity index is 1.26. The lowest BCUT2D eigenvalue weighted by molar-refractivity contribution is 0.102. The van der Waals surface area contributed by atoms with Crippen LogP contribution < -0.4 is 19.8 Å². The summed E-state index contributed by atoms with van der Waals surface area (Å²) in [5.41, 5.74) is 0.888. The van der Waals surface area contributed by atoms with Crippen LogP contribution in [-0.4, -0.2) is 50.5 Å². The molecule has 37 heavy (non-hydrogen) atoms. The topological polar surface area (TPSA) is 94.6 Å². The van der Waals surface area contributed by atoms with Crippen molar-refractivity contribution >= 4 is 33.3 Å². The van der Waals surface area contributed by atoms with Crippen molar-refractivity contribution in [3.05, 3.63) is 42.0 Å². The van der Waals surface area contributed by atoms with E-state index in [0.29, 0.717) is 22.7 Å². The molecule has 3 heterocycles. The lowest BCUT2D eigenvalue weighted by Crippen LogP contribution is -2.40. The van der Waals surface area contributed by atoms with E-state index in [1.54, 1.807) is 32.9 Å². The van der Waals surface area contributed by atoms with Crippen LogP contribution in [0.1, 0.15) is 69.7 Å². The molecule has 0 bridgehead atoms. The van der Waals surface area contributed by atoms with E-state index in [0.717, 1.165) is 50.0 Å². The summed E-state index contributed by atoms with van der Waals surface area (Å²) in [4.78, 5) is 23.4. The van der Waals surface area contributed by atoms with E-state index >= 15 is 0 Å². The van der Waals surface area contributed by atoms with Gasteiger partial charge in [0.05, 0.1) is 10.5 Å². The minimum Gasteiger partial charge on any atom is -0.356 e. The number of fused-ring (bicyclic) bond motifs is 1. The molecule has 4 fully saturated rings. The van der Waals surface area contributed by atoms with Crippen LogP contribution >= 0.6 is 0 Å². The summed E-state index contributed by atoms with van der Waals surface area (Å²) in [7, 11) is -3.72. The van der Waals surface area contributed by atoms with Crippen molar-refractivity contribution in [2.75, 3.05) is 34.8 Å².